The molecule has 0 radical (unpaired) electrons. The average Bonchev–Trinajstić information content (AvgIpc) is 2.68. The van der Waals surface area contributed by atoms with Gasteiger partial charge >= 0.3 is 6.11 Å². The average molecular weight is 408 g/mol. The Bertz CT molecular complexity index is 793. The number of alkyl halides is 4. The number of halogens is 4. The number of hydrogen-bond donors (Lipinski definition) is 0. The zero-order chi connectivity index (χ0) is 20.9. The molecule has 2 atom stereocenters. The lowest BCUT2D eigenvalue weighted by Crippen LogP contribution is -2.27. The van der Waals surface area contributed by atoms with Crippen LogP contribution in [0.5, 0.6) is 5.75 Å². The van der Waals surface area contributed by atoms with Crippen LogP contribution in [0.25, 0.3) is 11.1 Å². The van der Waals surface area contributed by atoms with E-state index in [9.17, 15) is 17.6 Å². The summed E-state index contributed by atoms with van der Waals surface area (Å²) < 4.78 is 61.4. The van der Waals surface area contributed by atoms with Crippen LogP contribution in [-0.4, -0.2) is 19.1 Å². The molecule has 0 saturated carbocycles. The number of allylic oxidation sites excluding steroid dienone is 1. The first-order valence-corrected chi connectivity index (χ1v) is 9.66. The van der Waals surface area contributed by atoms with Gasteiger partial charge in [-0.25, -0.2) is 8.78 Å². The van der Waals surface area contributed by atoms with E-state index in [1.807, 2.05) is 31.2 Å². The molecule has 0 aliphatic carbocycles. The molecule has 2 aromatic carbocycles. The third-order valence-corrected chi connectivity index (χ3v) is 4.90. The van der Waals surface area contributed by atoms with Gasteiger partial charge < -0.3 is 9.47 Å². The lowest BCUT2D eigenvalue weighted by molar-refractivity contribution is -0.199. The van der Waals surface area contributed by atoms with Crippen molar-refractivity contribution in [3.63, 3.8) is 0 Å². The van der Waals surface area contributed by atoms with Crippen LogP contribution in [0.4, 0.5) is 17.6 Å². The van der Waals surface area contributed by atoms with Crippen molar-refractivity contribution in [1.29, 1.82) is 0 Å². The van der Waals surface area contributed by atoms with Gasteiger partial charge in [0.1, 0.15) is 12.2 Å². The Kier molecular flexibility index (Phi) is 6.96. The lowest BCUT2D eigenvalue weighted by Gasteiger charge is -2.27. The number of hydrogen-bond acceptors (Lipinski definition) is 2. The first-order valence-electron chi connectivity index (χ1n) is 9.66. The van der Waals surface area contributed by atoms with E-state index in [0.717, 1.165) is 29.5 Å². The number of rotatable bonds is 7. The Balaban J connectivity index is 1.61. The Morgan fingerprint density at radius 1 is 1.03 bits per heavy atom. The largest absolute Gasteiger partial charge is 0.432 e. The van der Waals surface area contributed by atoms with Crippen LogP contribution in [0.1, 0.15) is 37.9 Å². The van der Waals surface area contributed by atoms with Gasteiger partial charge in [-0.05, 0) is 48.6 Å². The second kappa shape index (κ2) is 9.44. The van der Waals surface area contributed by atoms with Crippen molar-refractivity contribution >= 4 is 0 Å². The van der Waals surface area contributed by atoms with E-state index in [2.05, 4.69) is 16.9 Å². The number of benzene rings is 2. The third kappa shape index (κ3) is 6.07. The van der Waals surface area contributed by atoms with Crippen molar-refractivity contribution in [2.75, 3.05) is 6.61 Å². The molecule has 156 valence electrons. The van der Waals surface area contributed by atoms with Crippen molar-refractivity contribution in [2.24, 2.45) is 5.92 Å². The SMILES string of the molecule is C/C=C/C1CCC(c2ccc(-c3ccc(OC(F)(F)CC(F)F)cc3)cc2)OC1. The van der Waals surface area contributed by atoms with Crippen molar-refractivity contribution in [1.82, 2.24) is 0 Å². The molecule has 2 aromatic rings. The monoisotopic (exact) mass is 408 g/mol. The summed E-state index contributed by atoms with van der Waals surface area (Å²) in [6.07, 6.45) is -2.29. The zero-order valence-corrected chi connectivity index (χ0v) is 16.2. The normalized spacial score (nSPS) is 20.3. The molecule has 1 saturated heterocycles. The quantitative estimate of drug-likeness (QED) is 0.362. The maximum Gasteiger partial charge on any atom is 0.403 e. The Labute approximate surface area is 168 Å². The van der Waals surface area contributed by atoms with E-state index in [1.54, 1.807) is 12.1 Å². The predicted octanol–water partition coefficient (Wildman–Crippen LogP) is 7.02. The van der Waals surface area contributed by atoms with Gasteiger partial charge in [0.2, 0.25) is 6.43 Å². The van der Waals surface area contributed by atoms with Crippen molar-refractivity contribution < 1.29 is 27.0 Å². The van der Waals surface area contributed by atoms with Crippen molar-refractivity contribution in [2.45, 2.75) is 44.8 Å². The molecule has 29 heavy (non-hydrogen) atoms. The summed E-state index contributed by atoms with van der Waals surface area (Å²) in [6, 6.07) is 13.9. The highest BCUT2D eigenvalue weighted by Gasteiger charge is 2.35. The molecule has 0 N–H and O–H groups in total. The van der Waals surface area contributed by atoms with Crippen LogP contribution in [0, 0.1) is 5.92 Å². The fourth-order valence-corrected chi connectivity index (χ4v) is 3.46. The Morgan fingerprint density at radius 2 is 1.66 bits per heavy atom. The Hall–Kier alpha value is -2.34. The minimum absolute atomic E-state index is 0.0819. The molecule has 6 heteroatoms. The van der Waals surface area contributed by atoms with Crippen LogP contribution < -0.4 is 4.74 Å². The van der Waals surface area contributed by atoms with Gasteiger partial charge in [0.25, 0.3) is 0 Å². The smallest absolute Gasteiger partial charge is 0.403 e. The summed E-state index contributed by atoms with van der Waals surface area (Å²) >= 11 is 0. The topological polar surface area (TPSA) is 18.5 Å². The predicted molar refractivity (Wildman–Crippen MR) is 104 cm³/mol. The maximum absolute atomic E-state index is 13.4. The highest BCUT2D eigenvalue weighted by molar-refractivity contribution is 5.64. The van der Waals surface area contributed by atoms with Gasteiger partial charge in [-0.2, -0.15) is 8.78 Å². The molecule has 1 aliphatic heterocycles. The lowest BCUT2D eigenvalue weighted by atomic mass is 9.93. The zero-order valence-electron chi connectivity index (χ0n) is 16.2. The molecular formula is C23H24F4O2. The van der Waals surface area contributed by atoms with E-state index < -0.39 is 19.0 Å². The van der Waals surface area contributed by atoms with Crippen LogP contribution in [0.2, 0.25) is 0 Å². The summed E-state index contributed by atoms with van der Waals surface area (Å²) in [5, 5.41) is 0. The molecule has 1 fully saturated rings. The van der Waals surface area contributed by atoms with E-state index >= 15 is 0 Å². The molecule has 2 nitrogen and oxygen atoms in total. The number of ether oxygens (including phenoxy) is 2. The molecular weight excluding hydrogens is 384 g/mol. The molecule has 0 amide bonds. The minimum atomic E-state index is -3.90. The fraction of sp³-hybridized carbons (Fsp3) is 0.391. The summed E-state index contributed by atoms with van der Waals surface area (Å²) in [5.74, 6) is 0.326. The van der Waals surface area contributed by atoms with Crippen molar-refractivity contribution in [3.8, 4) is 16.9 Å². The van der Waals surface area contributed by atoms with Crippen LogP contribution in [-0.2, 0) is 4.74 Å². The molecule has 1 aliphatic rings. The second-order valence-corrected chi connectivity index (χ2v) is 7.17. The third-order valence-electron chi connectivity index (χ3n) is 4.90. The standard InChI is InChI=1S/C23H24F4O2/c1-2-3-16-4-13-21(28-15-16)19-7-5-17(6-8-19)18-9-11-20(12-10-18)29-23(26,27)14-22(24)25/h2-3,5-12,16,21-22H,4,13-15H2,1H3/b3-2+. The first kappa shape index (κ1) is 21.4. The first-order chi connectivity index (χ1) is 13.9. The van der Waals surface area contributed by atoms with Crippen molar-refractivity contribution in [3.05, 3.63) is 66.2 Å². The summed E-state index contributed by atoms with van der Waals surface area (Å²) in [6.45, 7) is 2.73. The van der Waals surface area contributed by atoms with Gasteiger partial charge in [0.05, 0.1) is 12.7 Å². The summed E-state index contributed by atoms with van der Waals surface area (Å²) in [7, 11) is 0. The van der Waals surface area contributed by atoms with Crippen LogP contribution in [0.15, 0.2) is 60.7 Å². The van der Waals surface area contributed by atoms with Gasteiger partial charge in [-0.1, -0.05) is 48.6 Å². The van der Waals surface area contributed by atoms with Gasteiger partial charge in [0.15, 0.2) is 0 Å². The fourth-order valence-electron chi connectivity index (χ4n) is 3.46. The van der Waals surface area contributed by atoms with Crippen LogP contribution >= 0.6 is 0 Å². The second-order valence-electron chi connectivity index (χ2n) is 7.17. The summed E-state index contributed by atoms with van der Waals surface area (Å²) in [4.78, 5) is 0. The molecule has 2 unspecified atom stereocenters. The summed E-state index contributed by atoms with van der Waals surface area (Å²) in [5.41, 5.74) is 2.85. The van der Waals surface area contributed by atoms with E-state index in [0.29, 0.717) is 12.5 Å². The van der Waals surface area contributed by atoms with E-state index in [1.165, 1.54) is 12.1 Å². The Morgan fingerprint density at radius 3 is 2.17 bits per heavy atom. The molecule has 0 aromatic heterocycles. The molecule has 3 rings (SSSR count). The minimum Gasteiger partial charge on any atom is -0.432 e. The van der Waals surface area contributed by atoms with Gasteiger partial charge in [-0.3, -0.25) is 0 Å². The van der Waals surface area contributed by atoms with E-state index in [-0.39, 0.29) is 11.9 Å². The van der Waals surface area contributed by atoms with Crippen LogP contribution in [0.3, 0.4) is 0 Å². The highest BCUT2D eigenvalue weighted by Crippen LogP contribution is 2.33. The van der Waals surface area contributed by atoms with Gasteiger partial charge in [-0.15, -0.1) is 0 Å². The molecule has 0 spiro atoms. The highest BCUT2D eigenvalue weighted by atomic mass is 19.3. The maximum atomic E-state index is 13.4. The van der Waals surface area contributed by atoms with E-state index in [4.69, 9.17) is 4.74 Å². The molecule has 0 bridgehead atoms. The molecule has 1 heterocycles. The van der Waals surface area contributed by atoms with Gasteiger partial charge in [0, 0.05) is 5.92 Å².